The second-order valence-electron chi connectivity index (χ2n) is 6.35. The van der Waals surface area contributed by atoms with E-state index in [2.05, 4.69) is 39.5 Å². The number of aliphatic imine (C=N–C) groups is 1. The maximum Gasteiger partial charge on any atom is 0.193 e. The highest BCUT2D eigenvalue weighted by molar-refractivity contribution is 5.92. The highest BCUT2D eigenvalue weighted by atomic mass is 16.5. The minimum absolute atomic E-state index is 0.409. The largest absolute Gasteiger partial charge is 0.497 e. The molecule has 2 aromatic rings. The number of nitrogens with zero attached hydrogens (tertiary/aromatic N) is 2. The van der Waals surface area contributed by atoms with Gasteiger partial charge in [0.2, 0.25) is 0 Å². The lowest BCUT2D eigenvalue weighted by atomic mass is 10.1. The van der Waals surface area contributed by atoms with Crippen LogP contribution in [0.5, 0.6) is 5.75 Å². The molecule has 5 heteroatoms. The van der Waals surface area contributed by atoms with Gasteiger partial charge in [-0.2, -0.15) is 0 Å². The monoisotopic (exact) mass is 338 g/mol. The zero-order chi connectivity index (χ0) is 17.5. The third-order valence-electron chi connectivity index (χ3n) is 4.42. The predicted octanol–water partition coefficient (Wildman–Crippen LogP) is 3.22. The van der Waals surface area contributed by atoms with Crippen LogP contribution in [-0.4, -0.2) is 31.1 Å². The molecule has 1 aliphatic heterocycles. The molecule has 25 heavy (non-hydrogen) atoms. The van der Waals surface area contributed by atoms with Crippen LogP contribution in [0, 0.1) is 0 Å². The Morgan fingerprint density at radius 2 is 1.68 bits per heavy atom. The number of nitrogens with one attached hydrogen (secondary N) is 1. The Hall–Kier alpha value is -2.53. The number of benzene rings is 2. The number of methoxy groups -OCH3 is 1. The smallest absolute Gasteiger partial charge is 0.193 e. The van der Waals surface area contributed by atoms with Crippen molar-refractivity contribution in [3.8, 4) is 5.75 Å². The van der Waals surface area contributed by atoms with E-state index in [4.69, 9.17) is 10.5 Å². The summed E-state index contributed by atoms with van der Waals surface area (Å²) in [5.41, 5.74) is 9.37. The minimum atomic E-state index is 0.409. The number of likely N-dealkylation sites (tertiary alicyclic amines) is 1. The third kappa shape index (κ3) is 5.22. The van der Waals surface area contributed by atoms with Crippen LogP contribution in [0.1, 0.15) is 24.0 Å². The van der Waals surface area contributed by atoms with E-state index < -0.39 is 0 Å². The zero-order valence-corrected chi connectivity index (χ0v) is 14.7. The Bertz CT molecular complexity index is 689. The van der Waals surface area contributed by atoms with E-state index in [1.807, 2.05) is 24.3 Å². The molecule has 0 atom stereocenters. The highest BCUT2D eigenvalue weighted by Gasteiger charge is 2.11. The summed E-state index contributed by atoms with van der Waals surface area (Å²) in [6.07, 6.45) is 2.65. The summed E-state index contributed by atoms with van der Waals surface area (Å²) in [4.78, 5) is 6.91. The van der Waals surface area contributed by atoms with Crippen LogP contribution in [-0.2, 0) is 13.1 Å². The quantitative estimate of drug-likeness (QED) is 0.627. The second-order valence-corrected chi connectivity index (χ2v) is 6.35. The molecule has 0 radical (unpaired) electrons. The van der Waals surface area contributed by atoms with Crippen LogP contribution in [0.15, 0.2) is 53.5 Å². The van der Waals surface area contributed by atoms with E-state index in [1.54, 1.807) is 7.11 Å². The van der Waals surface area contributed by atoms with E-state index in [1.165, 1.54) is 31.5 Å². The first-order chi connectivity index (χ1) is 12.2. The Morgan fingerprint density at radius 1 is 1.04 bits per heavy atom. The summed E-state index contributed by atoms with van der Waals surface area (Å²) in [5, 5.41) is 3.09. The molecule has 1 fully saturated rings. The van der Waals surface area contributed by atoms with Crippen molar-refractivity contribution in [2.45, 2.75) is 25.9 Å². The van der Waals surface area contributed by atoms with Gasteiger partial charge in [-0.05, 0) is 61.3 Å². The molecular weight excluding hydrogens is 312 g/mol. The van der Waals surface area contributed by atoms with Crippen molar-refractivity contribution < 1.29 is 4.74 Å². The molecule has 0 aliphatic carbocycles. The molecule has 0 unspecified atom stereocenters. The van der Waals surface area contributed by atoms with Crippen LogP contribution in [0.2, 0.25) is 0 Å². The summed E-state index contributed by atoms with van der Waals surface area (Å²) in [5.74, 6) is 1.22. The number of hydrogen-bond acceptors (Lipinski definition) is 3. The first-order valence-electron chi connectivity index (χ1n) is 8.74. The number of nitrogens with two attached hydrogens (primary N) is 1. The standard InChI is InChI=1S/C20H26N4O/c1-25-19-10-8-18(9-11-19)23-20(21)22-14-16-4-6-17(7-5-16)15-24-12-2-3-13-24/h4-11H,2-3,12-15H2,1H3,(H3,21,22,23). The van der Waals surface area contributed by atoms with E-state index >= 15 is 0 Å². The fourth-order valence-electron chi connectivity index (χ4n) is 2.99. The molecule has 0 amide bonds. The lowest BCUT2D eigenvalue weighted by Gasteiger charge is -2.14. The highest BCUT2D eigenvalue weighted by Crippen LogP contribution is 2.15. The van der Waals surface area contributed by atoms with Crippen molar-refractivity contribution in [2.24, 2.45) is 10.7 Å². The Balaban J connectivity index is 1.51. The maximum absolute atomic E-state index is 5.96. The number of ether oxygens (including phenoxy) is 1. The van der Waals surface area contributed by atoms with Gasteiger partial charge in [-0.1, -0.05) is 24.3 Å². The summed E-state index contributed by atoms with van der Waals surface area (Å²) >= 11 is 0. The van der Waals surface area contributed by atoms with Gasteiger partial charge >= 0.3 is 0 Å². The Labute approximate surface area is 149 Å². The first-order valence-corrected chi connectivity index (χ1v) is 8.74. The topological polar surface area (TPSA) is 62.9 Å². The van der Waals surface area contributed by atoms with Crippen LogP contribution in [0.3, 0.4) is 0 Å². The van der Waals surface area contributed by atoms with Gasteiger partial charge < -0.3 is 15.8 Å². The third-order valence-corrected chi connectivity index (χ3v) is 4.42. The number of anilines is 1. The zero-order valence-electron chi connectivity index (χ0n) is 14.7. The molecule has 1 aliphatic rings. The number of rotatable bonds is 6. The van der Waals surface area contributed by atoms with Crippen LogP contribution < -0.4 is 15.8 Å². The van der Waals surface area contributed by atoms with E-state index in [-0.39, 0.29) is 0 Å². The van der Waals surface area contributed by atoms with Gasteiger partial charge in [-0.3, -0.25) is 4.90 Å². The van der Waals surface area contributed by atoms with E-state index in [0.29, 0.717) is 12.5 Å². The molecule has 5 nitrogen and oxygen atoms in total. The van der Waals surface area contributed by atoms with Crippen molar-refractivity contribution in [1.29, 1.82) is 0 Å². The SMILES string of the molecule is COc1ccc(NC(N)=NCc2ccc(CN3CCCC3)cc2)cc1. The van der Waals surface area contributed by atoms with Gasteiger partial charge in [0.15, 0.2) is 5.96 Å². The van der Waals surface area contributed by atoms with E-state index in [0.717, 1.165) is 23.5 Å². The predicted molar refractivity (Wildman–Crippen MR) is 103 cm³/mol. The normalized spacial score (nSPS) is 15.3. The van der Waals surface area contributed by atoms with Crippen LogP contribution in [0.25, 0.3) is 0 Å². The van der Waals surface area contributed by atoms with Gasteiger partial charge in [0, 0.05) is 12.2 Å². The van der Waals surface area contributed by atoms with Crippen molar-refractivity contribution in [1.82, 2.24) is 4.90 Å². The molecule has 2 aromatic carbocycles. The van der Waals surface area contributed by atoms with Gasteiger partial charge in [-0.25, -0.2) is 4.99 Å². The molecule has 1 saturated heterocycles. The lowest BCUT2D eigenvalue weighted by Crippen LogP contribution is -2.22. The summed E-state index contributed by atoms with van der Waals surface area (Å²) in [6, 6.07) is 16.2. The van der Waals surface area contributed by atoms with Gasteiger partial charge in [0.25, 0.3) is 0 Å². The average molecular weight is 338 g/mol. The van der Waals surface area contributed by atoms with Gasteiger partial charge in [0.1, 0.15) is 5.75 Å². The molecule has 1 heterocycles. The van der Waals surface area contributed by atoms with Gasteiger partial charge in [-0.15, -0.1) is 0 Å². The van der Waals surface area contributed by atoms with Gasteiger partial charge in [0.05, 0.1) is 13.7 Å². The van der Waals surface area contributed by atoms with Crippen LogP contribution in [0.4, 0.5) is 5.69 Å². The minimum Gasteiger partial charge on any atom is -0.497 e. The van der Waals surface area contributed by atoms with Crippen molar-refractivity contribution in [2.75, 3.05) is 25.5 Å². The van der Waals surface area contributed by atoms with Crippen molar-refractivity contribution >= 4 is 11.6 Å². The molecule has 0 bridgehead atoms. The Morgan fingerprint density at radius 3 is 2.32 bits per heavy atom. The summed E-state index contributed by atoms with van der Waals surface area (Å²) in [6.45, 7) is 4.06. The van der Waals surface area contributed by atoms with E-state index in [9.17, 15) is 0 Å². The summed E-state index contributed by atoms with van der Waals surface area (Å²) < 4.78 is 5.14. The fourth-order valence-corrected chi connectivity index (χ4v) is 2.99. The molecular formula is C20H26N4O. The molecule has 0 aromatic heterocycles. The molecule has 132 valence electrons. The second kappa shape index (κ2) is 8.53. The summed E-state index contributed by atoms with van der Waals surface area (Å²) in [7, 11) is 1.65. The maximum atomic E-state index is 5.96. The number of guanidine groups is 1. The van der Waals surface area contributed by atoms with Crippen molar-refractivity contribution in [3.05, 3.63) is 59.7 Å². The molecule has 0 spiro atoms. The Kier molecular flexibility index (Phi) is 5.90. The molecule has 3 rings (SSSR count). The average Bonchev–Trinajstić information content (AvgIpc) is 3.15. The number of hydrogen-bond donors (Lipinski definition) is 2. The van der Waals surface area contributed by atoms with Crippen molar-refractivity contribution in [3.63, 3.8) is 0 Å². The fraction of sp³-hybridized carbons (Fsp3) is 0.350. The van der Waals surface area contributed by atoms with Crippen LogP contribution >= 0.6 is 0 Å². The molecule has 3 N–H and O–H groups in total. The lowest BCUT2D eigenvalue weighted by molar-refractivity contribution is 0.331. The molecule has 0 saturated carbocycles. The first kappa shape index (κ1) is 17.3.